The number of likely N-dealkylation sites (N-methyl/N-ethyl adjacent to an activating group) is 1. The molecule has 27 heavy (non-hydrogen) atoms. The van der Waals surface area contributed by atoms with Gasteiger partial charge in [0.25, 0.3) is 5.91 Å². The molecule has 1 atom stereocenters. The van der Waals surface area contributed by atoms with Gasteiger partial charge in [0.15, 0.2) is 11.5 Å². The van der Waals surface area contributed by atoms with Crippen molar-refractivity contribution in [1.82, 2.24) is 0 Å². The van der Waals surface area contributed by atoms with Crippen LogP contribution in [0.5, 0.6) is 11.5 Å². The zero-order valence-corrected chi connectivity index (χ0v) is 15.6. The number of nitrogens with zero attached hydrogens (tertiary/aromatic N) is 2. The van der Waals surface area contributed by atoms with Crippen LogP contribution in [-0.4, -0.2) is 44.8 Å². The van der Waals surface area contributed by atoms with Gasteiger partial charge in [-0.25, -0.2) is 0 Å². The molecule has 0 fully saturated rings. The highest BCUT2D eigenvalue weighted by atomic mass is 16.5. The quantitative estimate of drug-likeness (QED) is 0.894. The molecule has 140 valence electrons. The molecule has 7 nitrogen and oxygen atoms in total. The highest BCUT2D eigenvalue weighted by molar-refractivity contribution is 6.20. The summed E-state index contributed by atoms with van der Waals surface area (Å²) in [5, 5.41) is 0. The second-order valence-corrected chi connectivity index (χ2v) is 6.22. The minimum absolute atomic E-state index is 0.149. The molecule has 0 aliphatic carbocycles. The van der Waals surface area contributed by atoms with Crippen LogP contribution in [0.4, 0.5) is 5.69 Å². The Hall–Kier alpha value is -3.35. The predicted octanol–water partition coefficient (Wildman–Crippen LogP) is 2.00. The number of benzodiazepines with no additional fused rings is 1. The lowest BCUT2D eigenvalue weighted by Crippen LogP contribution is -2.33. The summed E-state index contributed by atoms with van der Waals surface area (Å²) in [7, 11) is 4.78. The average molecular weight is 367 g/mol. The lowest BCUT2D eigenvalue weighted by Gasteiger charge is -2.21. The number of carbonyl (C=O) groups excluding carboxylic acids is 2. The minimum Gasteiger partial charge on any atom is -0.493 e. The van der Waals surface area contributed by atoms with E-state index in [1.807, 2.05) is 6.07 Å². The van der Waals surface area contributed by atoms with Crippen molar-refractivity contribution in [3.05, 3.63) is 53.1 Å². The third kappa shape index (κ3) is 3.23. The second-order valence-electron chi connectivity index (χ2n) is 6.22. The summed E-state index contributed by atoms with van der Waals surface area (Å²) < 4.78 is 10.8. The number of carbonyl (C=O) groups is 2. The fourth-order valence-electron chi connectivity index (χ4n) is 3.10. The van der Waals surface area contributed by atoms with Crippen molar-refractivity contribution in [1.29, 1.82) is 0 Å². The lowest BCUT2D eigenvalue weighted by atomic mass is 9.98. The van der Waals surface area contributed by atoms with Crippen LogP contribution in [0.25, 0.3) is 0 Å². The molecule has 2 aromatic rings. The van der Waals surface area contributed by atoms with Crippen molar-refractivity contribution in [2.45, 2.75) is 13.0 Å². The molecule has 0 bridgehead atoms. The van der Waals surface area contributed by atoms with Crippen LogP contribution < -0.4 is 20.1 Å². The maximum absolute atomic E-state index is 12.7. The van der Waals surface area contributed by atoms with Crippen LogP contribution in [0, 0.1) is 0 Å². The average Bonchev–Trinajstić information content (AvgIpc) is 2.77. The summed E-state index contributed by atoms with van der Waals surface area (Å²) in [5.41, 5.74) is 8.40. The molecule has 2 aromatic carbocycles. The van der Waals surface area contributed by atoms with Crippen molar-refractivity contribution < 1.29 is 19.1 Å². The molecule has 0 saturated heterocycles. The van der Waals surface area contributed by atoms with Gasteiger partial charge in [0.1, 0.15) is 6.04 Å². The summed E-state index contributed by atoms with van der Waals surface area (Å²) in [4.78, 5) is 30.5. The Morgan fingerprint density at radius 1 is 1.15 bits per heavy atom. The van der Waals surface area contributed by atoms with Crippen molar-refractivity contribution in [3.63, 3.8) is 0 Å². The summed E-state index contributed by atoms with van der Waals surface area (Å²) in [6.45, 7) is 1.73. The van der Waals surface area contributed by atoms with Gasteiger partial charge < -0.3 is 20.1 Å². The molecule has 0 aromatic heterocycles. The number of nitrogens with two attached hydrogens (primary N) is 1. The number of methoxy groups -OCH3 is 2. The molecule has 1 aliphatic rings. The normalized spacial score (nSPS) is 16.3. The lowest BCUT2D eigenvalue weighted by molar-refractivity contribution is -0.119. The van der Waals surface area contributed by atoms with Crippen LogP contribution in [-0.2, 0) is 4.79 Å². The smallest absolute Gasteiger partial charge is 0.251 e. The largest absolute Gasteiger partial charge is 0.493 e. The molecular formula is C20H21N3O4. The van der Waals surface area contributed by atoms with Crippen molar-refractivity contribution in [3.8, 4) is 11.5 Å². The van der Waals surface area contributed by atoms with Gasteiger partial charge in [0, 0.05) is 29.8 Å². The molecule has 1 aliphatic heterocycles. The molecule has 0 saturated carbocycles. The summed E-state index contributed by atoms with van der Waals surface area (Å²) >= 11 is 0. The molecule has 2 amide bonds. The van der Waals surface area contributed by atoms with Gasteiger partial charge in [-0.3, -0.25) is 14.6 Å². The van der Waals surface area contributed by atoms with Gasteiger partial charge >= 0.3 is 0 Å². The number of hydrogen-bond acceptors (Lipinski definition) is 5. The first-order chi connectivity index (χ1) is 12.9. The molecule has 1 heterocycles. The molecular weight excluding hydrogens is 346 g/mol. The standard InChI is InChI=1S/C20H21N3O4/c1-11-20(25)23(2)15-10-17(27-4)16(26-3)9-14(15)18(22-11)12-6-5-7-13(8-12)19(21)24/h5-11H,1-4H3,(H2,21,24). The fraction of sp³-hybridized carbons (Fsp3) is 0.250. The first-order valence-corrected chi connectivity index (χ1v) is 8.39. The monoisotopic (exact) mass is 367 g/mol. The Balaban J connectivity index is 2.29. The van der Waals surface area contributed by atoms with E-state index in [1.165, 1.54) is 7.11 Å². The SMILES string of the molecule is COc1cc2c(cc1OC)N(C)C(=O)C(C)N=C2c1cccc(C(N)=O)c1. The Labute approximate surface area is 157 Å². The maximum atomic E-state index is 12.7. The highest BCUT2D eigenvalue weighted by Crippen LogP contribution is 2.37. The summed E-state index contributed by atoms with van der Waals surface area (Å²) in [5.74, 6) is 0.352. The number of ether oxygens (including phenoxy) is 2. The van der Waals surface area contributed by atoms with E-state index in [0.717, 1.165) is 0 Å². The Morgan fingerprint density at radius 3 is 2.44 bits per heavy atom. The minimum atomic E-state index is -0.591. The Morgan fingerprint density at radius 2 is 1.81 bits per heavy atom. The first kappa shape index (κ1) is 18.4. The van der Waals surface area contributed by atoms with E-state index in [0.29, 0.717) is 39.6 Å². The third-order valence-corrected chi connectivity index (χ3v) is 4.55. The number of primary amides is 1. The second kappa shape index (κ2) is 7.11. The molecule has 0 spiro atoms. The van der Waals surface area contributed by atoms with Crippen molar-refractivity contribution in [2.75, 3.05) is 26.2 Å². The van der Waals surface area contributed by atoms with E-state index in [-0.39, 0.29) is 5.91 Å². The van der Waals surface area contributed by atoms with Crippen LogP contribution in [0.1, 0.15) is 28.4 Å². The van der Waals surface area contributed by atoms with Gasteiger partial charge in [-0.15, -0.1) is 0 Å². The van der Waals surface area contributed by atoms with Gasteiger partial charge in [-0.1, -0.05) is 12.1 Å². The number of hydrogen-bond donors (Lipinski definition) is 1. The number of anilines is 1. The number of aliphatic imine (C=N–C) groups is 1. The molecule has 7 heteroatoms. The third-order valence-electron chi connectivity index (χ3n) is 4.55. The van der Waals surface area contributed by atoms with Crippen molar-refractivity contribution in [2.24, 2.45) is 10.7 Å². The van der Waals surface area contributed by atoms with E-state index in [4.69, 9.17) is 15.2 Å². The van der Waals surface area contributed by atoms with E-state index in [2.05, 4.69) is 4.99 Å². The van der Waals surface area contributed by atoms with Crippen LogP contribution >= 0.6 is 0 Å². The van der Waals surface area contributed by atoms with Gasteiger partial charge in [-0.05, 0) is 25.1 Å². The molecule has 3 rings (SSSR count). The summed E-state index contributed by atoms with van der Waals surface area (Å²) in [6, 6.07) is 9.81. The number of rotatable bonds is 4. The highest BCUT2D eigenvalue weighted by Gasteiger charge is 2.29. The zero-order chi connectivity index (χ0) is 19.7. The maximum Gasteiger partial charge on any atom is 0.251 e. The number of fused-ring (bicyclic) bond motifs is 1. The molecule has 1 unspecified atom stereocenters. The summed E-state index contributed by atoms with van der Waals surface area (Å²) in [6.07, 6.45) is 0. The van der Waals surface area contributed by atoms with Crippen LogP contribution in [0.15, 0.2) is 41.4 Å². The number of benzene rings is 2. The fourth-order valence-corrected chi connectivity index (χ4v) is 3.10. The van der Waals surface area contributed by atoms with E-state index < -0.39 is 11.9 Å². The van der Waals surface area contributed by atoms with Gasteiger partial charge in [0.2, 0.25) is 5.91 Å². The van der Waals surface area contributed by atoms with E-state index >= 15 is 0 Å². The van der Waals surface area contributed by atoms with Crippen molar-refractivity contribution >= 4 is 23.2 Å². The Bertz CT molecular complexity index is 952. The number of amides is 2. The van der Waals surface area contributed by atoms with Gasteiger partial charge in [0.05, 0.1) is 25.6 Å². The molecule has 2 N–H and O–H groups in total. The van der Waals surface area contributed by atoms with Gasteiger partial charge in [-0.2, -0.15) is 0 Å². The molecule has 0 radical (unpaired) electrons. The van der Waals surface area contributed by atoms with Crippen LogP contribution in [0.2, 0.25) is 0 Å². The Kier molecular flexibility index (Phi) is 4.85. The first-order valence-electron chi connectivity index (χ1n) is 8.39. The topological polar surface area (TPSA) is 94.2 Å². The zero-order valence-electron chi connectivity index (χ0n) is 15.6. The predicted molar refractivity (Wildman–Crippen MR) is 103 cm³/mol. The van der Waals surface area contributed by atoms with E-state index in [9.17, 15) is 9.59 Å². The van der Waals surface area contributed by atoms with Crippen LogP contribution in [0.3, 0.4) is 0 Å². The van der Waals surface area contributed by atoms with E-state index in [1.54, 1.807) is 56.3 Å².